The van der Waals surface area contributed by atoms with Crippen molar-refractivity contribution in [1.29, 1.82) is 0 Å². The summed E-state index contributed by atoms with van der Waals surface area (Å²) in [5, 5.41) is 0. The molecular formula is C13H20N2O3S. The number of carbonyl (C=O) groups excluding carboxylic acids is 1. The van der Waals surface area contributed by atoms with Gasteiger partial charge in [0.25, 0.3) is 0 Å². The zero-order valence-corrected chi connectivity index (χ0v) is 11.9. The van der Waals surface area contributed by atoms with Crippen LogP contribution in [0.15, 0.2) is 29.2 Å². The Kier molecular flexibility index (Phi) is 5.98. The molecule has 0 bridgehead atoms. The monoisotopic (exact) mass is 284 g/mol. The van der Waals surface area contributed by atoms with Gasteiger partial charge in [0.1, 0.15) is 0 Å². The summed E-state index contributed by atoms with van der Waals surface area (Å²) in [6, 6.07) is 5.59. The van der Waals surface area contributed by atoms with Crippen molar-refractivity contribution < 1.29 is 13.2 Å². The number of hydrogen-bond acceptors (Lipinski definition) is 3. The number of nitrogens with two attached hydrogens (primary N) is 1. The predicted molar refractivity (Wildman–Crippen MR) is 74.3 cm³/mol. The molecule has 0 unspecified atom stereocenters. The molecule has 0 atom stereocenters. The van der Waals surface area contributed by atoms with Gasteiger partial charge in [-0.05, 0) is 30.7 Å². The largest absolute Gasteiger partial charge is 0.366 e. The average Bonchev–Trinajstić information content (AvgIpc) is 2.38. The second-order valence-electron chi connectivity index (χ2n) is 4.35. The molecule has 0 aromatic heterocycles. The standard InChI is InChI=1S/C13H20N2O3S/c1-2-3-4-5-10-15-19(17,18)12-8-6-11(7-9-12)13(14)16/h6-9,15H,2-5,10H2,1H3,(H2,14,16). The van der Waals surface area contributed by atoms with E-state index in [1.165, 1.54) is 24.3 Å². The third kappa shape index (κ3) is 5.00. The van der Waals surface area contributed by atoms with Gasteiger partial charge >= 0.3 is 0 Å². The molecule has 0 saturated heterocycles. The van der Waals surface area contributed by atoms with Gasteiger partial charge in [0.05, 0.1) is 4.90 Å². The molecule has 1 aromatic carbocycles. The topological polar surface area (TPSA) is 89.3 Å². The molecule has 5 nitrogen and oxygen atoms in total. The maximum atomic E-state index is 11.9. The normalized spacial score (nSPS) is 11.4. The number of unbranched alkanes of at least 4 members (excludes halogenated alkanes) is 3. The second-order valence-corrected chi connectivity index (χ2v) is 6.11. The van der Waals surface area contributed by atoms with Crippen molar-refractivity contribution in [2.45, 2.75) is 37.5 Å². The van der Waals surface area contributed by atoms with Crippen LogP contribution in [0, 0.1) is 0 Å². The highest BCUT2D eigenvalue weighted by Crippen LogP contribution is 2.10. The lowest BCUT2D eigenvalue weighted by Crippen LogP contribution is -2.25. The number of rotatable bonds is 8. The highest BCUT2D eigenvalue weighted by atomic mass is 32.2. The molecule has 6 heteroatoms. The van der Waals surface area contributed by atoms with Gasteiger partial charge in [0.2, 0.25) is 15.9 Å². The Labute approximate surface area is 114 Å². The van der Waals surface area contributed by atoms with Crippen molar-refractivity contribution in [3.63, 3.8) is 0 Å². The van der Waals surface area contributed by atoms with Crippen molar-refractivity contribution in [3.8, 4) is 0 Å². The number of nitrogens with one attached hydrogen (secondary N) is 1. The molecule has 0 fully saturated rings. The average molecular weight is 284 g/mol. The van der Waals surface area contributed by atoms with E-state index in [1.54, 1.807) is 0 Å². The number of carbonyl (C=O) groups is 1. The first-order valence-electron chi connectivity index (χ1n) is 6.37. The van der Waals surface area contributed by atoms with Crippen LogP contribution in [0.1, 0.15) is 43.0 Å². The van der Waals surface area contributed by atoms with Crippen molar-refractivity contribution in [1.82, 2.24) is 4.72 Å². The number of sulfonamides is 1. The van der Waals surface area contributed by atoms with E-state index in [1.807, 2.05) is 0 Å². The third-order valence-electron chi connectivity index (χ3n) is 2.77. The van der Waals surface area contributed by atoms with Crippen molar-refractivity contribution in [2.75, 3.05) is 6.54 Å². The van der Waals surface area contributed by atoms with Crippen LogP contribution in [0.2, 0.25) is 0 Å². The highest BCUT2D eigenvalue weighted by Gasteiger charge is 2.13. The van der Waals surface area contributed by atoms with Gasteiger partial charge < -0.3 is 5.73 Å². The van der Waals surface area contributed by atoms with Crippen LogP contribution in [0.3, 0.4) is 0 Å². The van der Waals surface area contributed by atoms with E-state index in [-0.39, 0.29) is 4.90 Å². The van der Waals surface area contributed by atoms with Crippen LogP contribution >= 0.6 is 0 Å². The summed E-state index contributed by atoms with van der Waals surface area (Å²) < 4.78 is 26.4. The van der Waals surface area contributed by atoms with Gasteiger partial charge in [0.15, 0.2) is 0 Å². The fraction of sp³-hybridized carbons (Fsp3) is 0.462. The second kappa shape index (κ2) is 7.25. The molecule has 0 radical (unpaired) electrons. The Morgan fingerprint density at radius 3 is 2.32 bits per heavy atom. The van der Waals surface area contributed by atoms with Crippen LogP contribution in [0.4, 0.5) is 0 Å². The molecule has 1 rings (SSSR count). The van der Waals surface area contributed by atoms with Crippen LogP contribution in [-0.2, 0) is 10.0 Å². The van der Waals surface area contributed by atoms with Crippen molar-refractivity contribution in [3.05, 3.63) is 29.8 Å². The smallest absolute Gasteiger partial charge is 0.248 e. The number of benzene rings is 1. The van der Waals surface area contributed by atoms with E-state index in [2.05, 4.69) is 11.6 Å². The van der Waals surface area contributed by atoms with Crippen molar-refractivity contribution in [2.24, 2.45) is 5.73 Å². The summed E-state index contributed by atoms with van der Waals surface area (Å²) >= 11 is 0. The molecule has 106 valence electrons. The summed E-state index contributed by atoms with van der Waals surface area (Å²) in [4.78, 5) is 11.0. The van der Waals surface area contributed by atoms with Gasteiger partial charge in [-0.2, -0.15) is 0 Å². The van der Waals surface area contributed by atoms with Crippen LogP contribution in [0.25, 0.3) is 0 Å². The number of primary amides is 1. The quantitative estimate of drug-likeness (QED) is 0.711. The molecular weight excluding hydrogens is 264 g/mol. The fourth-order valence-corrected chi connectivity index (χ4v) is 2.71. The van der Waals surface area contributed by atoms with Crippen molar-refractivity contribution >= 4 is 15.9 Å². The summed E-state index contributed by atoms with van der Waals surface area (Å²) in [5.74, 6) is -0.573. The first kappa shape index (κ1) is 15.7. The maximum absolute atomic E-state index is 11.9. The van der Waals surface area contributed by atoms with Gasteiger partial charge in [0, 0.05) is 12.1 Å². The maximum Gasteiger partial charge on any atom is 0.248 e. The Morgan fingerprint density at radius 2 is 1.79 bits per heavy atom. The molecule has 0 aliphatic rings. The molecule has 1 amide bonds. The molecule has 0 aliphatic carbocycles. The minimum atomic E-state index is -3.49. The minimum Gasteiger partial charge on any atom is -0.366 e. The lowest BCUT2D eigenvalue weighted by Gasteiger charge is -2.07. The lowest BCUT2D eigenvalue weighted by atomic mass is 10.2. The highest BCUT2D eigenvalue weighted by molar-refractivity contribution is 7.89. The molecule has 19 heavy (non-hydrogen) atoms. The molecule has 1 aromatic rings. The number of hydrogen-bond donors (Lipinski definition) is 2. The Bertz CT molecular complexity index is 509. The van der Waals surface area contributed by atoms with Crippen LogP contribution in [0.5, 0.6) is 0 Å². The van der Waals surface area contributed by atoms with Crippen LogP contribution in [-0.4, -0.2) is 20.9 Å². The summed E-state index contributed by atoms with van der Waals surface area (Å²) in [7, 11) is -3.49. The minimum absolute atomic E-state index is 0.146. The van der Waals surface area contributed by atoms with E-state index in [9.17, 15) is 13.2 Å². The summed E-state index contributed by atoms with van der Waals surface area (Å²) in [5.41, 5.74) is 5.39. The predicted octanol–water partition coefficient (Wildman–Crippen LogP) is 1.64. The molecule has 0 saturated carbocycles. The van der Waals surface area contributed by atoms with E-state index in [0.717, 1.165) is 25.7 Å². The SMILES string of the molecule is CCCCCCNS(=O)(=O)c1ccc(C(N)=O)cc1. The van der Waals surface area contributed by atoms with E-state index in [0.29, 0.717) is 12.1 Å². The summed E-state index contributed by atoms with van der Waals surface area (Å²) in [6.45, 7) is 2.53. The van der Waals surface area contributed by atoms with E-state index in [4.69, 9.17) is 5.73 Å². The Balaban J connectivity index is 2.59. The first-order chi connectivity index (χ1) is 8.97. The Morgan fingerprint density at radius 1 is 1.16 bits per heavy atom. The Hall–Kier alpha value is -1.40. The number of amides is 1. The van der Waals surface area contributed by atoms with E-state index >= 15 is 0 Å². The molecule has 0 heterocycles. The van der Waals surface area contributed by atoms with Gasteiger partial charge in [-0.3, -0.25) is 4.79 Å². The first-order valence-corrected chi connectivity index (χ1v) is 7.85. The van der Waals surface area contributed by atoms with E-state index < -0.39 is 15.9 Å². The lowest BCUT2D eigenvalue weighted by molar-refractivity contribution is 0.1000. The third-order valence-corrected chi connectivity index (χ3v) is 4.25. The molecule has 0 aliphatic heterocycles. The zero-order chi connectivity index (χ0) is 14.3. The summed E-state index contributed by atoms with van der Waals surface area (Å²) in [6.07, 6.45) is 4.06. The molecule has 0 spiro atoms. The van der Waals surface area contributed by atoms with Crippen LogP contribution < -0.4 is 10.5 Å². The zero-order valence-electron chi connectivity index (χ0n) is 11.1. The van der Waals surface area contributed by atoms with Gasteiger partial charge in [-0.15, -0.1) is 0 Å². The fourth-order valence-electron chi connectivity index (χ4n) is 1.64. The van der Waals surface area contributed by atoms with Gasteiger partial charge in [-0.1, -0.05) is 26.2 Å². The molecule has 3 N–H and O–H groups in total. The van der Waals surface area contributed by atoms with Gasteiger partial charge in [-0.25, -0.2) is 13.1 Å².